The Balaban J connectivity index is 0. The summed E-state index contributed by atoms with van der Waals surface area (Å²) in [6.45, 7) is 15.1. The van der Waals surface area contributed by atoms with Gasteiger partial charge in [-0.3, -0.25) is 4.79 Å². The van der Waals surface area contributed by atoms with Gasteiger partial charge in [-0.1, -0.05) is 34.6 Å². The number of hydrogen-bond donors (Lipinski definition) is 1. The summed E-state index contributed by atoms with van der Waals surface area (Å²) in [5, 5.41) is 2.97. The van der Waals surface area contributed by atoms with Crippen molar-refractivity contribution in [3.05, 3.63) is 0 Å². The number of nitrogens with one attached hydrogen (secondary N) is 1. The molecule has 0 aromatic rings. The number of likely N-dealkylation sites (tertiary alicyclic amines) is 1. The number of carbonyl (C=O) groups excluding carboxylic acids is 1. The van der Waals surface area contributed by atoms with E-state index < -0.39 is 0 Å². The molecule has 1 aliphatic heterocycles. The highest BCUT2D eigenvalue weighted by Gasteiger charge is 2.18. The van der Waals surface area contributed by atoms with Gasteiger partial charge in [-0.15, -0.1) is 0 Å². The normalized spacial score (nSPS) is 19.8. The van der Waals surface area contributed by atoms with E-state index in [2.05, 4.69) is 17.1 Å². The molecule has 1 aliphatic rings. The van der Waals surface area contributed by atoms with Crippen LogP contribution in [0.4, 0.5) is 0 Å². The molecule has 1 fully saturated rings. The third-order valence-electron chi connectivity index (χ3n) is 2.36. The maximum Gasteiger partial charge on any atom is 0.217 e. The lowest BCUT2D eigenvalue weighted by atomic mass is 10.1. The van der Waals surface area contributed by atoms with E-state index >= 15 is 0 Å². The molecule has 0 bridgehead atoms. The predicted molar refractivity (Wildman–Crippen MR) is 71.6 cm³/mol. The zero-order chi connectivity index (χ0) is 13.0. The summed E-state index contributed by atoms with van der Waals surface area (Å²) < 4.78 is 0. The quantitative estimate of drug-likeness (QED) is 0.791. The largest absolute Gasteiger partial charge is 0.352 e. The molecular formula is C13H30N2O. The van der Waals surface area contributed by atoms with Gasteiger partial charge >= 0.3 is 0 Å². The molecule has 0 radical (unpaired) electrons. The van der Waals surface area contributed by atoms with Gasteiger partial charge in [0.05, 0.1) is 0 Å². The highest BCUT2D eigenvalue weighted by Crippen LogP contribution is 2.08. The first kappa shape index (κ1) is 17.8. The number of rotatable bonds is 2. The van der Waals surface area contributed by atoms with Crippen molar-refractivity contribution in [1.29, 1.82) is 0 Å². The second-order valence-electron chi connectivity index (χ2n) is 3.43. The van der Waals surface area contributed by atoms with E-state index in [1.807, 2.05) is 27.7 Å². The van der Waals surface area contributed by atoms with Crippen molar-refractivity contribution in [1.82, 2.24) is 10.2 Å². The van der Waals surface area contributed by atoms with Gasteiger partial charge in [-0.05, 0) is 25.9 Å². The van der Waals surface area contributed by atoms with E-state index in [0.29, 0.717) is 6.04 Å². The van der Waals surface area contributed by atoms with E-state index in [0.717, 1.165) is 19.5 Å². The van der Waals surface area contributed by atoms with Gasteiger partial charge in [0.25, 0.3) is 0 Å². The van der Waals surface area contributed by atoms with Crippen LogP contribution in [-0.2, 0) is 4.79 Å². The zero-order valence-electron chi connectivity index (χ0n) is 12.0. The minimum absolute atomic E-state index is 0.0953. The Morgan fingerprint density at radius 3 is 2.31 bits per heavy atom. The third kappa shape index (κ3) is 8.72. The lowest BCUT2D eigenvalue weighted by molar-refractivity contribution is -0.120. The van der Waals surface area contributed by atoms with Crippen molar-refractivity contribution in [3.63, 3.8) is 0 Å². The molecule has 1 unspecified atom stereocenters. The van der Waals surface area contributed by atoms with Crippen molar-refractivity contribution in [2.24, 2.45) is 0 Å². The highest BCUT2D eigenvalue weighted by atomic mass is 16.1. The second-order valence-corrected chi connectivity index (χ2v) is 3.43. The second kappa shape index (κ2) is 12.5. The maximum atomic E-state index is 10.8. The fourth-order valence-corrected chi connectivity index (χ4v) is 1.75. The Kier molecular flexibility index (Phi) is 13.9. The SMILES string of the molecule is CC.CC.CCN1CCCC(NC(C)=O)C1. The molecule has 98 valence electrons. The van der Waals surface area contributed by atoms with E-state index in [4.69, 9.17) is 0 Å². The molecule has 1 atom stereocenters. The summed E-state index contributed by atoms with van der Waals surface area (Å²) >= 11 is 0. The van der Waals surface area contributed by atoms with Crippen LogP contribution in [0.2, 0.25) is 0 Å². The van der Waals surface area contributed by atoms with Gasteiger partial charge in [0.2, 0.25) is 5.91 Å². The van der Waals surface area contributed by atoms with Crippen molar-refractivity contribution in [3.8, 4) is 0 Å². The van der Waals surface area contributed by atoms with E-state index in [1.165, 1.54) is 13.0 Å². The topological polar surface area (TPSA) is 32.3 Å². The number of likely N-dealkylation sites (N-methyl/N-ethyl adjacent to an activating group) is 1. The zero-order valence-corrected chi connectivity index (χ0v) is 12.0. The Hall–Kier alpha value is -0.570. The minimum atomic E-state index is 0.0953. The number of hydrogen-bond acceptors (Lipinski definition) is 2. The smallest absolute Gasteiger partial charge is 0.217 e. The summed E-state index contributed by atoms with van der Waals surface area (Å²) in [7, 11) is 0. The Morgan fingerprint density at radius 2 is 1.88 bits per heavy atom. The van der Waals surface area contributed by atoms with E-state index in [9.17, 15) is 4.79 Å². The summed E-state index contributed by atoms with van der Waals surface area (Å²) in [5.41, 5.74) is 0. The van der Waals surface area contributed by atoms with E-state index in [1.54, 1.807) is 6.92 Å². The highest BCUT2D eigenvalue weighted by molar-refractivity contribution is 5.73. The van der Waals surface area contributed by atoms with Crippen molar-refractivity contribution in [2.75, 3.05) is 19.6 Å². The van der Waals surface area contributed by atoms with Gasteiger partial charge in [-0.2, -0.15) is 0 Å². The molecule has 1 amide bonds. The van der Waals surface area contributed by atoms with Crippen LogP contribution in [0.5, 0.6) is 0 Å². The van der Waals surface area contributed by atoms with Gasteiger partial charge < -0.3 is 10.2 Å². The molecule has 16 heavy (non-hydrogen) atoms. The van der Waals surface area contributed by atoms with Crippen LogP contribution < -0.4 is 5.32 Å². The van der Waals surface area contributed by atoms with Gasteiger partial charge in [0.15, 0.2) is 0 Å². The average molecular weight is 230 g/mol. The first-order valence-corrected chi connectivity index (χ1v) is 6.72. The summed E-state index contributed by atoms with van der Waals surface area (Å²) in [4.78, 5) is 13.2. The average Bonchev–Trinajstić information content (AvgIpc) is 2.33. The Morgan fingerprint density at radius 1 is 1.31 bits per heavy atom. The molecule has 0 saturated carbocycles. The van der Waals surface area contributed by atoms with Crippen molar-refractivity contribution in [2.45, 2.75) is 60.4 Å². The van der Waals surface area contributed by atoms with E-state index in [-0.39, 0.29) is 5.91 Å². The van der Waals surface area contributed by atoms with Gasteiger partial charge in [-0.25, -0.2) is 0 Å². The fourth-order valence-electron chi connectivity index (χ4n) is 1.75. The standard InChI is InChI=1S/C9H18N2O.2C2H6/c1-3-11-6-4-5-9(7-11)10-8(2)12;2*1-2/h9H,3-7H2,1-2H3,(H,10,12);2*1-2H3. The molecule has 0 aliphatic carbocycles. The van der Waals surface area contributed by atoms with Crippen LogP contribution >= 0.6 is 0 Å². The van der Waals surface area contributed by atoms with Crippen LogP contribution in [0.3, 0.4) is 0 Å². The monoisotopic (exact) mass is 230 g/mol. The molecule has 0 spiro atoms. The molecule has 0 aromatic heterocycles. The number of piperidine rings is 1. The molecule has 0 aromatic carbocycles. The van der Waals surface area contributed by atoms with Gasteiger partial charge in [0.1, 0.15) is 0 Å². The molecule has 1 saturated heterocycles. The Bertz CT molecular complexity index is 160. The third-order valence-corrected chi connectivity index (χ3v) is 2.36. The minimum Gasteiger partial charge on any atom is -0.352 e. The first-order valence-electron chi connectivity index (χ1n) is 6.72. The molecule has 1 N–H and O–H groups in total. The molecule has 3 nitrogen and oxygen atoms in total. The van der Waals surface area contributed by atoms with Crippen LogP contribution in [0, 0.1) is 0 Å². The lowest BCUT2D eigenvalue weighted by Crippen LogP contribution is -2.46. The summed E-state index contributed by atoms with van der Waals surface area (Å²) in [6.07, 6.45) is 2.34. The summed E-state index contributed by atoms with van der Waals surface area (Å²) in [6, 6.07) is 0.385. The molecular weight excluding hydrogens is 200 g/mol. The predicted octanol–water partition coefficient (Wildman–Crippen LogP) is 2.66. The van der Waals surface area contributed by atoms with Crippen LogP contribution in [0.15, 0.2) is 0 Å². The van der Waals surface area contributed by atoms with Crippen molar-refractivity contribution < 1.29 is 4.79 Å². The summed E-state index contributed by atoms with van der Waals surface area (Å²) in [5.74, 6) is 0.0953. The van der Waals surface area contributed by atoms with Crippen LogP contribution in [0.1, 0.15) is 54.4 Å². The van der Waals surface area contributed by atoms with Crippen LogP contribution in [-0.4, -0.2) is 36.5 Å². The number of carbonyl (C=O) groups is 1. The van der Waals surface area contributed by atoms with Gasteiger partial charge in [0, 0.05) is 19.5 Å². The number of amides is 1. The lowest BCUT2D eigenvalue weighted by Gasteiger charge is -2.31. The number of nitrogens with zero attached hydrogens (tertiary/aromatic N) is 1. The fraction of sp³-hybridized carbons (Fsp3) is 0.923. The maximum absolute atomic E-state index is 10.8. The molecule has 1 heterocycles. The molecule has 3 heteroatoms. The van der Waals surface area contributed by atoms with Crippen LogP contribution in [0.25, 0.3) is 0 Å². The Labute approximate surface area is 102 Å². The van der Waals surface area contributed by atoms with Crippen molar-refractivity contribution >= 4 is 5.91 Å². The first-order chi connectivity index (χ1) is 7.72. The molecule has 1 rings (SSSR count).